The highest BCUT2D eigenvalue weighted by Crippen LogP contribution is 2.40. The van der Waals surface area contributed by atoms with Gasteiger partial charge in [0.15, 0.2) is 0 Å². The van der Waals surface area contributed by atoms with Gasteiger partial charge >= 0.3 is 0 Å². The minimum atomic E-state index is -2.54. The number of methoxy groups -OCH3 is 1. The second-order valence-corrected chi connectivity index (χ2v) is 5.55. The molecule has 0 saturated heterocycles. The average Bonchev–Trinajstić information content (AvgIpc) is 2.30. The summed E-state index contributed by atoms with van der Waals surface area (Å²) in [6.45, 7) is 3.93. The summed E-state index contributed by atoms with van der Waals surface area (Å²) in [4.78, 5) is 0. The van der Waals surface area contributed by atoms with E-state index in [1.165, 1.54) is 0 Å². The molecule has 0 heterocycles. The lowest BCUT2D eigenvalue weighted by atomic mass is 9.78. The molecule has 1 saturated carbocycles. The summed E-state index contributed by atoms with van der Waals surface area (Å²) in [5.74, 6) is -2.63. The zero-order chi connectivity index (χ0) is 13.8. The van der Waals surface area contributed by atoms with E-state index in [2.05, 4.69) is 0 Å². The minimum absolute atomic E-state index is 0.00340. The Balaban J connectivity index is 2.60. The Morgan fingerprint density at radius 3 is 2.44 bits per heavy atom. The van der Waals surface area contributed by atoms with Crippen LogP contribution >= 0.6 is 0 Å². The van der Waals surface area contributed by atoms with Crippen LogP contribution in [0.2, 0.25) is 0 Å². The van der Waals surface area contributed by atoms with Crippen molar-refractivity contribution in [3.8, 4) is 0 Å². The van der Waals surface area contributed by atoms with Crippen LogP contribution in [0.4, 0.5) is 8.78 Å². The lowest BCUT2D eigenvalue weighted by Gasteiger charge is -2.38. The van der Waals surface area contributed by atoms with E-state index in [0.29, 0.717) is 25.7 Å². The molecule has 0 aliphatic heterocycles. The molecule has 18 heavy (non-hydrogen) atoms. The van der Waals surface area contributed by atoms with Crippen LogP contribution in [0, 0.1) is 5.92 Å². The van der Waals surface area contributed by atoms with Gasteiger partial charge in [0, 0.05) is 20.0 Å². The molecule has 2 atom stereocenters. The van der Waals surface area contributed by atoms with E-state index >= 15 is 0 Å². The summed E-state index contributed by atoms with van der Waals surface area (Å²) in [5, 5.41) is 10.3. The van der Waals surface area contributed by atoms with Crippen LogP contribution in [-0.4, -0.2) is 29.8 Å². The predicted molar refractivity (Wildman–Crippen MR) is 67.9 cm³/mol. The molecule has 0 amide bonds. The zero-order valence-corrected chi connectivity index (χ0v) is 11.7. The predicted octanol–water partition coefficient (Wildman–Crippen LogP) is 3.77. The van der Waals surface area contributed by atoms with E-state index in [9.17, 15) is 13.9 Å². The van der Waals surface area contributed by atoms with Crippen molar-refractivity contribution < 1.29 is 18.6 Å². The Hall–Kier alpha value is -0.220. The van der Waals surface area contributed by atoms with Gasteiger partial charge in [-0.05, 0) is 38.0 Å². The zero-order valence-electron chi connectivity index (χ0n) is 11.7. The molecule has 1 rings (SSSR count). The SMILES string of the molecule is CCC(CC)(OC)C(O)CC1CCCC(F)(F)C1. The summed E-state index contributed by atoms with van der Waals surface area (Å²) in [6.07, 6.45) is 2.42. The fourth-order valence-corrected chi connectivity index (χ4v) is 3.15. The van der Waals surface area contributed by atoms with Gasteiger partial charge < -0.3 is 9.84 Å². The second kappa shape index (κ2) is 6.29. The van der Waals surface area contributed by atoms with Crippen molar-refractivity contribution in [1.29, 1.82) is 0 Å². The first-order chi connectivity index (χ1) is 8.39. The van der Waals surface area contributed by atoms with Crippen LogP contribution in [0.15, 0.2) is 0 Å². The van der Waals surface area contributed by atoms with Crippen LogP contribution in [0.5, 0.6) is 0 Å². The van der Waals surface area contributed by atoms with Crippen molar-refractivity contribution in [2.45, 2.75) is 76.4 Å². The summed E-state index contributed by atoms with van der Waals surface area (Å²) < 4.78 is 32.1. The molecule has 0 aromatic heterocycles. The third-order valence-electron chi connectivity index (χ3n) is 4.51. The number of rotatable bonds is 6. The molecule has 0 aromatic rings. The largest absolute Gasteiger partial charge is 0.390 e. The molecule has 2 unspecified atom stereocenters. The average molecular weight is 264 g/mol. The molecule has 1 aliphatic carbocycles. The third-order valence-corrected chi connectivity index (χ3v) is 4.51. The molecule has 4 heteroatoms. The molecule has 0 aromatic carbocycles. The number of ether oxygens (including phenoxy) is 1. The van der Waals surface area contributed by atoms with E-state index in [1.807, 2.05) is 13.8 Å². The van der Waals surface area contributed by atoms with E-state index in [4.69, 9.17) is 4.74 Å². The molecular weight excluding hydrogens is 238 g/mol. The maximum Gasteiger partial charge on any atom is 0.248 e. The highest BCUT2D eigenvalue weighted by molar-refractivity contribution is 4.89. The summed E-state index contributed by atoms with van der Waals surface area (Å²) in [7, 11) is 1.59. The van der Waals surface area contributed by atoms with Crippen LogP contribution in [0.25, 0.3) is 0 Å². The van der Waals surface area contributed by atoms with Gasteiger partial charge in [0.05, 0.1) is 11.7 Å². The van der Waals surface area contributed by atoms with Crippen LogP contribution in [0.3, 0.4) is 0 Å². The van der Waals surface area contributed by atoms with Crippen molar-refractivity contribution >= 4 is 0 Å². The number of halogens is 2. The van der Waals surface area contributed by atoms with Gasteiger partial charge in [0.1, 0.15) is 0 Å². The number of hydrogen-bond donors (Lipinski definition) is 1. The normalized spacial score (nSPS) is 26.0. The molecule has 1 aliphatic rings. The molecule has 0 radical (unpaired) electrons. The van der Waals surface area contributed by atoms with Gasteiger partial charge in [-0.1, -0.05) is 13.8 Å². The van der Waals surface area contributed by atoms with Gasteiger partial charge in [-0.25, -0.2) is 8.78 Å². The van der Waals surface area contributed by atoms with Gasteiger partial charge in [-0.3, -0.25) is 0 Å². The quantitative estimate of drug-likeness (QED) is 0.791. The lowest BCUT2D eigenvalue weighted by molar-refractivity contribution is -0.124. The molecule has 1 fully saturated rings. The first-order valence-electron chi connectivity index (χ1n) is 7.00. The summed E-state index contributed by atoms with van der Waals surface area (Å²) in [5.41, 5.74) is -0.577. The summed E-state index contributed by atoms with van der Waals surface area (Å²) >= 11 is 0. The monoisotopic (exact) mass is 264 g/mol. The number of alkyl halides is 2. The fraction of sp³-hybridized carbons (Fsp3) is 1.00. The molecule has 0 bridgehead atoms. The Labute approximate surface area is 109 Å². The highest BCUT2D eigenvalue weighted by atomic mass is 19.3. The first kappa shape index (κ1) is 15.8. The van der Waals surface area contributed by atoms with Crippen molar-refractivity contribution in [1.82, 2.24) is 0 Å². The lowest BCUT2D eigenvalue weighted by Crippen LogP contribution is -2.45. The standard InChI is InChI=1S/C14H26F2O2/c1-4-13(5-2,18-3)12(17)9-11-7-6-8-14(15,16)10-11/h11-12,17H,4-10H2,1-3H3. The smallest absolute Gasteiger partial charge is 0.248 e. The maximum atomic E-state index is 13.3. The fourth-order valence-electron chi connectivity index (χ4n) is 3.15. The number of aliphatic hydroxyl groups is 1. The van der Waals surface area contributed by atoms with E-state index < -0.39 is 17.6 Å². The van der Waals surface area contributed by atoms with Gasteiger partial charge in [-0.15, -0.1) is 0 Å². The molecular formula is C14H26F2O2. The Morgan fingerprint density at radius 1 is 1.39 bits per heavy atom. The van der Waals surface area contributed by atoms with E-state index in [-0.39, 0.29) is 18.8 Å². The van der Waals surface area contributed by atoms with Crippen molar-refractivity contribution in [2.24, 2.45) is 5.92 Å². The Kier molecular flexibility index (Phi) is 5.53. The van der Waals surface area contributed by atoms with Crippen LogP contribution < -0.4 is 0 Å². The van der Waals surface area contributed by atoms with Crippen molar-refractivity contribution in [3.63, 3.8) is 0 Å². The maximum absolute atomic E-state index is 13.3. The molecule has 0 spiro atoms. The van der Waals surface area contributed by atoms with Gasteiger partial charge in [0.2, 0.25) is 5.92 Å². The van der Waals surface area contributed by atoms with Crippen molar-refractivity contribution in [3.05, 3.63) is 0 Å². The highest BCUT2D eigenvalue weighted by Gasteiger charge is 2.40. The topological polar surface area (TPSA) is 29.5 Å². The molecule has 1 N–H and O–H groups in total. The third kappa shape index (κ3) is 3.64. The van der Waals surface area contributed by atoms with Crippen molar-refractivity contribution in [2.75, 3.05) is 7.11 Å². The Morgan fingerprint density at radius 2 is 2.00 bits per heavy atom. The van der Waals surface area contributed by atoms with Gasteiger partial charge in [-0.2, -0.15) is 0 Å². The van der Waals surface area contributed by atoms with E-state index in [1.54, 1.807) is 7.11 Å². The minimum Gasteiger partial charge on any atom is -0.390 e. The Bertz CT molecular complexity index is 244. The number of hydrogen-bond acceptors (Lipinski definition) is 2. The van der Waals surface area contributed by atoms with E-state index in [0.717, 1.165) is 6.42 Å². The molecule has 2 nitrogen and oxygen atoms in total. The van der Waals surface area contributed by atoms with Crippen LogP contribution in [0.1, 0.15) is 58.8 Å². The second-order valence-electron chi connectivity index (χ2n) is 5.55. The van der Waals surface area contributed by atoms with Crippen LogP contribution in [-0.2, 0) is 4.74 Å². The first-order valence-corrected chi connectivity index (χ1v) is 7.00. The molecule has 108 valence electrons. The number of aliphatic hydroxyl groups excluding tert-OH is 1. The van der Waals surface area contributed by atoms with Gasteiger partial charge in [0.25, 0.3) is 0 Å². The summed E-state index contributed by atoms with van der Waals surface area (Å²) in [6, 6.07) is 0.